The topological polar surface area (TPSA) is 76.2 Å². The van der Waals surface area contributed by atoms with Crippen molar-refractivity contribution in [3.05, 3.63) is 38.8 Å². The molecule has 3 rings (SSSR count). The summed E-state index contributed by atoms with van der Waals surface area (Å²) in [6, 6.07) is 3.58. The standard InChI is InChI=1S/C20H21IN2O5S/c1-3-8-28-18-14(21)9-13(10-15(18)27-2)11-16-19(25)23(20(26)29-16)12-17(24)22-6-4-5-7-22/h3,9-11H,1,4-8,12H2,2H3/b16-11-. The molecule has 0 radical (unpaired) electrons. The average molecular weight is 528 g/mol. The Morgan fingerprint density at radius 1 is 1.31 bits per heavy atom. The first kappa shape index (κ1) is 21.7. The molecule has 7 nitrogen and oxygen atoms in total. The Morgan fingerprint density at radius 2 is 2.03 bits per heavy atom. The van der Waals surface area contributed by atoms with Gasteiger partial charge in [0.1, 0.15) is 13.2 Å². The van der Waals surface area contributed by atoms with E-state index in [0.717, 1.165) is 33.1 Å². The Kier molecular flexibility index (Phi) is 7.23. The Hall–Kier alpha value is -2.01. The van der Waals surface area contributed by atoms with Crippen molar-refractivity contribution in [1.29, 1.82) is 0 Å². The van der Waals surface area contributed by atoms with Crippen molar-refractivity contribution in [3.8, 4) is 11.5 Å². The van der Waals surface area contributed by atoms with Crippen LogP contribution in [0.3, 0.4) is 0 Å². The molecule has 9 heteroatoms. The molecule has 2 aliphatic rings. The lowest BCUT2D eigenvalue weighted by molar-refractivity contribution is -0.135. The third-order valence-electron chi connectivity index (χ3n) is 4.52. The molecule has 0 atom stereocenters. The molecule has 3 amide bonds. The SMILES string of the molecule is C=CCOc1c(I)cc(/C=C2\SC(=O)N(CC(=O)N3CCCC3)C2=O)cc1OC. The smallest absolute Gasteiger partial charge is 0.294 e. The minimum Gasteiger partial charge on any atom is -0.493 e. The van der Waals surface area contributed by atoms with Crippen LogP contribution in [0.2, 0.25) is 0 Å². The van der Waals surface area contributed by atoms with Gasteiger partial charge in [0.2, 0.25) is 5.91 Å². The number of ether oxygens (including phenoxy) is 2. The van der Waals surface area contributed by atoms with Gasteiger partial charge in [-0.1, -0.05) is 12.7 Å². The first-order valence-corrected chi connectivity index (χ1v) is 11.0. The van der Waals surface area contributed by atoms with Gasteiger partial charge in [-0.25, -0.2) is 0 Å². The van der Waals surface area contributed by atoms with Crippen molar-refractivity contribution in [1.82, 2.24) is 9.80 Å². The van der Waals surface area contributed by atoms with Crippen LogP contribution in [0.5, 0.6) is 11.5 Å². The van der Waals surface area contributed by atoms with Crippen molar-refractivity contribution >= 4 is 57.5 Å². The lowest BCUT2D eigenvalue weighted by Gasteiger charge is -2.18. The molecular formula is C20H21IN2O5S. The average Bonchev–Trinajstić information content (AvgIpc) is 3.32. The minimum atomic E-state index is -0.450. The normalized spacial score (nSPS) is 17.9. The zero-order valence-electron chi connectivity index (χ0n) is 16.0. The quantitative estimate of drug-likeness (QED) is 0.306. The third-order valence-corrected chi connectivity index (χ3v) is 6.23. The summed E-state index contributed by atoms with van der Waals surface area (Å²) in [5, 5.41) is -0.429. The second kappa shape index (κ2) is 9.66. The number of benzene rings is 1. The minimum absolute atomic E-state index is 0.189. The van der Waals surface area contributed by atoms with Gasteiger partial charge in [0.25, 0.3) is 11.1 Å². The summed E-state index contributed by atoms with van der Waals surface area (Å²) in [7, 11) is 1.54. The fraction of sp³-hybridized carbons (Fsp3) is 0.350. The number of nitrogens with zero attached hydrogens (tertiary/aromatic N) is 2. The molecule has 0 aliphatic carbocycles. The summed E-state index contributed by atoms with van der Waals surface area (Å²) in [6.07, 6.45) is 5.19. The van der Waals surface area contributed by atoms with Crippen LogP contribution in [0.1, 0.15) is 18.4 Å². The number of carbonyl (C=O) groups is 3. The summed E-state index contributed by atoms with van der Waals surface area (Å²) in [5.41, 5.74) is 0.702. The Balaban J connectivity index is 1.79. The van der Waals surface area contributed by atoms with Crippen LogP contribution < -0.4 is 9.47 Å². The van der Waals surface area contributed by atoms with Crippen LogP contribution in [-0.2, 0) is 9.59 Å². The highest BCUT2D eigenvalue weighted by Gasteiger charge is 2.37. The number of hydrogen-bond acceptors (Lipinski definition) is 6. The number of likely N-dealkylation sites (tertiary alicyclic amines) is 1. The zero-order chi connectivity index (χ0) is 21.0. The van der Waals surface area contributed by atoms with Crippen molar-refractivity contribution < 1.29 is 23.9 Å². The number of halogens is 1. The van der Waals surface area contributed by atoms with E-state index >= 15 is 0 Å². The van der Waals surface area contributed by atoms with Gasteiger partial charge >= 0.3 is 0 Å². The Morgan fingerprint density at radius 3 is 2.69 bits per heavy atom. The summed E-state index contributed by atoms with van der Waals surface area (Å²) in [6.45, 7) is 5.13. The van der Waals surface area contributed by atoms with Crippen LogP contribution in [0.25, 0.3) is 6.08 Å². The molecule has 2 aliphatic heterocycles. The number of rotatable bonds is 7. The van der Waals surface area contributed by atoms with Crippen LogP contribution in [0.15, 0.2) is 29.7 Å². The van der Waals surface area contributed by atoms with E-state index in [1.54, 1.807) is 23.1 Å². The van der Waals surface area contributed by atoms with E-state index < -0.39 is 11.1 Å². The molecule has 0 saturated carbocycles. The lowest BCUT2D eigenvalue weighted by Crippen LogP contribution is -2.40. The highest BCUT2D eigenvalue weighted by molar-refractivity contribution is 14.1. The van der Waals surface area contributed by atoms with Crippen LogP contribution in [0.4, 0.5) is 4.79 Å². The van der Waals surface area contributed by atoms with Gasteiger partial charge in [-0.2, -0.15) is 0 Å². The molecule has 0 bridgehead atoms. The van der Waals surface area contributed by atoms with Crippen molar-refractivity contribution in [2.45, 2.75) is 12.8 Å². The van der Waals surface area contributed by atoms with E-state index in [9.17, 15) is 14.4 Å². The van der Waals surface area contributed by atoms with Gasteiger partial charge in [-0.15, -0.1) is 0 Å². The van der Waals surface area contributed by atoms with Crippen molar-refractivity contribution in [3.63, 3.8) is 0 Å². The van der Waals surface area contributed by atoms with Gasteiger partial charge in [-0.05, 0) is 71.0 Å². The molecule has 154 valence electrons. The number of amides is 3. The Labute approximate surface area is 187 Å². The predicted octanol–water partition coefficient (Wildman–Crippen LogP) is 3.52. The van der Waals surface area contributed by atoms with Crippen LogP contribution in [0, 0.1) is 3.57 Å². The molecule has 29 heavy (non-hydrogen) atoms. The summed E-state index contributed by atoms with van der Waals surface area (Å²) in [4.78, 5) is 40.3. The van der Waals surface area contributed by atoms with Gasteiger partial charge < -0.3 is 14.4 Å². The van der Waals surface area contributed by atoms with Gasteiger partial charge in [-0.3, -0.25) is 19.3 Å². The van der Waals surface area contributed by atoms with Crippen LogP contribution >= 0.6 is 34.4 Å². The van der Waals surface area contributed by atoms with Crippen molar-refractivity contribution in [2.75, 3.05) is 33.4 Å². The fourth-order valence-electron chi connectivity index (χ4n) is 3.09. The van der Waals surface area contributed by atoms with Crippen LogP contribution in [-0.4, -0.2) is 60.2 Å². The monoisotopic (exact) mass is 528 g/mol. The molecule has 1 aromatic rings. The van der Waals surface area contributed by atoms with Crippen molar-refractivity contribution in [2.24, 2.45) is 0 Å². The van der Waals surface area contributed by atoms with Gasteiger partial charge in [0.05, 0.1) is 15.6 Å². The second-order valence-electron chi connectivity index (χ2n) is 6.49. The first-order valence-electron chi connectivity index (χ1n) is 9.09. The van der Waals surface area contributed by atoms with E-state index in [0.29, 0.717) is 36.8 Å². The number of thioether (sulfide) groups is 1. The summed E-state index contributed by atoms with van der Waals surface area (Å²) < 4.78 is 11.8. The van der Waals surface area contributed by atoms with Gasteiger partial charge in [0, 0.05) is 13.1 Å². The fourth-order valence-corrected chi connectivity index (χ4v) is 4.71. The highest BCUT2D eigenvalue weighted by Crippen LogP contribution is 2.37. The van der Waals surface area contributed by atoms with E-state index in [4.69, 9.17) is 9.47 Å². The number of carbonyl (C=O) groups excluding carboxylic acids is 3. The molecule has 0 aromatic heterocycles. The van der Waals surface area contributed by atoms with E-state index in [2.05, 4.69) is 29.2 Å². The number of hydrogen-bond donors (Lipinski definition) is 0. The molecule has 1 aromatic carbocycles. The van der Waals surface area contributed by atoms with Gasteiger partial charge in [0.15, 0.2) is 11.5 Å². The molecular weight excluding hydrogens is 507 g/mol. The number of methoxy groups -OCH3 is 1. The predicted molar refractivity (Wildman–Crippen MR) is 120 cm³/mol. The molecule has 2 saturated heterocycles. The number of imide groups is 1. The molecule has 2 fully saturated rings. The second-order valence-corrected chi connectivity index (χ2v) is 8.64. The van der Waals surface area contributed by atoms with E-state index in [1.807, 2.05) is 6.07 Å². The molecule has 0 N–H and O–H groups in total. The maximum Gasteiger partial charge on any atom is 0.294 e. The maximum atomic E-state index is 12.7. The Bertz CT molecular complexity index is 880. The zero-order valence-corrected chi connectivity index (χ0v) is 19.0. The highest BCUT2D eigenvalue weighted by atomic mass is 127. The summed E-state index contributed by atoms with van der Waals surface area (Å²) in [5.74, 6) is 0.474. The molecule has 0 spiro atoms. The molecule has 0 unspecified atom stereocenters. The largest absolute Gasteiger partial charge is 0.493 e. The summed E-state index contributed by atoms with van der Waals surface area (Å²) >= 11 is 2.96. The lowest BCUT2D eigenvalue weighted by atomic mass is 10.2. The maximum absolute atomic E-state index is 12.7. The molecule has 2 heterocycles. The van der Waals surface area contributed by atoms with E-state index in [-0.39, 0.29) is 17.4 Å². The third kappa shape index (κ3) is 4.95. The van der Waals surface area contributed by atoms with E-state index in [1.165, 1.54) is 7.11 Å². The first-order chi connectivity index (χ1) is 13.9.